The molecule has 0 saturated heterocycles. The van der Waals surface area contributed by atoms with Crippen LogP contribution in [0.2, 0.25) is 0 Å². The van der Waals surface area contributed by atoms with E-state index in [-0.39, 0.29) is 17.1 Å². The lowest BCUT2D eigenvalue weighted by molar-refractivity contribution is 0.0719. The normalized spacial score (nSPS) is 14.8. The van der Waals surface area contributed by atoms with Gasteiger partial charge in [0.25, 0.3) is 5.91 Å². The van der Waals surface area contributed by atoms with Crippen LogP contribution >= 0.6 is 0 Å². The minimum Gasteiger partial charge on any atom is -0.494 e. The number of nitrogens with zero attached hydrogens (tertiary/aromatic N) is 2. The zero-order chi connectivity index (χ0) is 28.3. The van der Waals surface area contributed by atoms with Gasteiger partial charge in [-0.05, 0) is 75.1 Å². The lowest BCUT2D eigenvalue weighted by Crippen LogP contribution is -2.34. The van der Waals surface area contributed by atoms with E-state index < -0.39 is 6.04 Å². The van der Waals surface area contributed by atoms with Gasteiger partial charge in [0.2, 0.25) is 5.76 Å². The zero-order valence-corrected chi connectivity index (χ0v) is 24.6. The van der Waals surface area contributed by atoms with Gasteiger partial charge in [-0.2, -0.15) is 0 Å². The van der Waals surface area contributed by atoms with Crippen LogP contribution in [0.5, 0.6) is 5.75 Å². The quantitative estimate of drug-likeness (QED) is 0.163. The number of carbonyl (C=O) groups excluding carboxylic acids is 1. The summed E-state index contributed by atoms with van der Waals surface area (Å²) in [7, 11) is 0. The molecule has 0 saturated carbocycles. The molecule has 1 atom stereocenters. The number of rotatable bonds is 17. The summed E-state index contributed by atoms with van der Waals surface area (Å²) in [4.78, 5) is 31.8. The number of hydrogen-bond donors (Lipinski definition) is 0. The van der Waals surface area contributed by atoms with E-state index in [0.717, 1.165) is 43.8 Å². The van der Waals surface area contributed by atoms with E-state index >= 15 is 0 Å². The van der Waals surface area contributed by atoms with Gasteiger partial charge in [0.1, 0.15) is 11.3 Å². The monoisotopic (exact) mass is 546 g/mol. The maximum absolute atomic E-state index is 13.7. The summed E-state index contributed by atoms with van der Waals surface area (Å²) < 4.78 is 12.1. The van der Waals surface area contributed by atoms with Crippen molar-refractivity contribution in [1.82, 2.24) is 9.80 Å². The van der Waals surface area contributed by atoms with Crippen molar-refractivity contribution in [2.45, 2.75) is 84.6 Å². The van der Waals surface area contributed by atoms with Gasteiger partial charge in [0.05, 0.1) is 23.6 Å². The number of hydrogen-bond acceptors (Lipinski definition) is 5. The van der Waals surface area contributed by atoms with Gasteiger partial charge in [0.15, 0.2) is 5.43 Å². The maximum atomic E-state index is 13.7. The van der Waals surface area contributed by atoms with Gasteiger partial charge >= 0.3 is 0 Å². The van der Waals surface area contributed by atoms with Gasteiger partial charge in [-0.3, -0.25) is 9.59 Å². The van der Waals surface area contributed by atoms with Crippen LogP contribution in [0, 0.1) is 0 Å². The van der Waals surface area contributed by atoms with Crippen molar-refractivity contribution in [3.63, 3.8) is 0 Å². The third kappa shape index (κ3) is 7.14. The molecule has 0 radical (unpaired) electrons. The van der Waals surface area contributed by atoms with Gasteiger partial charge in [-0.25, -0.2) is 0 Å². The predicted molar refractivity (Wildman–Crippen MR) is 162 cm³/mol. The van der Waals surface area contributed by atoms with Gasteiger partial charge in [-0.1, -0.05) is 77.1 Å². The number of amides is 1. The van der Waals surface area contributed by atoms with E-state index in [2.05, 4.69) is 25.7 Å². The maximum Gasteiger partial charge on any atom is 0.290 e. The highest BCUT2D eigenvalue weighted by Crippen LogP contribution is 2.38. The Bertz CT molecular complexity index is 1280. The Labute approximate surface area is 239 Å². The SMILES string of the molecule is CCCCCCOc1ccc(C2c3c(oc4ccccc4c3=O)C(=O)N2CCCN(CCCC)CCCC)cc1. The van der Waals surface area contributed by atoms with Crippen molar-refractivity contribution in [3.8, 4) is 5.75 Å². The van der Waals surface area contributed by atoms with Crippen LogP contribution in [0.15, 0.2) is 57.7 Å². The molecule has 0 bridgehead atoms. The fourth-order valence-corrected chi connectivity index (χ4v) is 5.57. The standard InChI is InChI=1S/C34H46N2O4/c1-4-7-10-13-25-39-27-19-17-26(18-20-27)31-30-32(37)28-15-11-12-16-29(28)40-33(30)34(38)36(31)24-14-23-35(21-8-5-2)22-9-6-3/h11-12,15-20,31H,4-10,13-14,21-25H2,1-3H3. The highest BCUT2D eigenvalue weighted by molar-refractivity contribution is 5.99. The number of unbranched alkanes of at least 4 members (excludes halogenated alkanes) is 5. The molecule has 1 aliphatic heterocycles. The summed E-state index contributed by atoms with van der Waals surface area (Å²) in [5.41, 5.74) is 1.69. The smallest absolute Gasteiger partial charge is 0.290 e. The average Bonchev–Trinajstić information content (AvgIpc) is 3.25. The van der Waals surface area contributed by atoms with Gasteiger partial charge in [0, 0.05) is 6.54 Å². The zero-order valence-electron chi connectivity index (χ0n) is 24.6. The van der Waals surface area contributed by atoms with Crippen LogP contribution < -0.4 is 10.2 Å². The number of fused-ring (bicyclic) bond motifs is 2. The average molecular weight is 547 g/mol. The Morgan fingerprint density at radius 1 is 0.800 bits per heavy atom. The topological polar surface area (TPSA) is 63.0 Å². The van der Waals surface area contributed by atoms with Crippen molar-refractivity contribution in [2.24, 2.45) is 0 Å². The lowest BCUT2D eigenvalue weighted by atomic mass is 9.98. The first-order valence-corrected chi connectivity index (χ1v) is 15.4. The molecule has 2 aromatic carbocycles. The second-order valence-electron chi connectivity index (χ2n) is 11.0. The minimum atomic E-state index is -0.471. The summed E-state index contributed by atoms with van der Waals surface area (Å²) in [5, 5.41) is 0.512. The second kappa shape index (κ2) is 15.0. The molecule has 0 aliphatic carbocycles. The Kier molecular flexibility index (Phi) is 11.2. The number of para-hydroxylation sites is 1. The second-order valence-corrected chi connectivity index (χ2v) is 11.0. The fraction of sp³-hybridized carbons (Fsp3) is 0.529. The first kappa shape index (κ1) is 29.9. The summed E-state index contributed by atoms with van der Waals surface area (Å²) in [6.07, 6.45) is 10.2. The van der Waals surface area contributed by atoms with E-state index in [0.29, 0.717) is 29.7 Å². The number of ether oxygens (including phenoxy) is 1. The largest absolute Gasteiger partial charge is 0.494 e. The highest BCUT2D eigenvalue weighted by atomic mass is 16.5. The molecule has 3 aromatic rings. The molecular weight excluding hydrogens is 500 g/mol. The van der Waals surface area contributed by atoms with Crippen LogP contribution in [0.3, 0.4) is 0 Å². The molecule has 6 heteroatoms. The Balaban J connectivity index is 1.58. The van der Waals surface area contributed by atoms with Crippen molar-refractivity contribution in [2.75, 3.05) is 32.8 Å². The van der Waals surface area contributed by atoms with Crippen molar-refractivity contribution in [1.29, 1.82) is 0 Å². The molecule has 1 aromatic heterocycles. The molecule has 40 heavy (non-hydrogen) atoms. The Morgan fingerprint density at radius 3 is 2.17 bits per heavy atom. The number of carbonyl (C=O) groups is 1. The van der Waals surface area contributed by atoms with Gasteiger partial charge in [-0.15, -0.1) is 0 Å². The van der Waals surface area contributed by atoms with E-state index in [1.54, 1.807) is 12.1 Å². The summed E-state index contributed by atoms with van der Waals surface area (Å²) in [6.45, 7) is 11.0. The molecule has 1 aliphatic rings. The summed E-state index contributed by atoms with van der Waals surface area (Å²) in [6, 6.07) is 14.6. The van der Waals surface area contributed by atoms with Crippen LogP contribution in [0.4, 0.5) is 0 Å². The molecule has 216 valence electrons. The molecule has 0 spiro atoms. The Hall–Kier alpha value is -3.12. The first-order valence-electron chi connectivity index (χ1n) is 15.4. The van der Waals surface area contributed by atoms with E-state index in [4.69, 9.17) is 9.15 Å². The van der Waals surface area contributed by atoms with E-state index in [1.165, 1.54) is 44.9 Å². The summed E-state index contributed by atoms with van der Waals surface area (Å²) >= 11 is 0. The van der Waals surface area contributed by atoms with Gasteiger partial charge < -0.3 is 19.0 Å². The molecule has 0 N–H and O–H groups in total. The number of benzene rings is 2. The van der Waals surface area contributed by atoms with Crippen LogP contribution in [-0.2, 0) is 0 Å². The van der Waals surface area contributed by atoms with E-state index in [9.17, 15) is 9.59 Å². The molecule has 2 heterocycles. The molecule has 1 amide bonds. The third-order valence-electron chi connectivity index (χ3n) is 7.86. The molecule has 4 rings (SSSR count). The van der Waals surface area contributed by atoms with Crippen LogP contribution in [-0.4, -0.2) is 48.5 Å². The predicted octanol–water partition coefficient (Wildman–Crippen LogP) is 7.59. The Morgan fingerprint density at radius 2 is 1.48 bits per heavy atom. The lowest BCUT2D eigenvalue weighted by Gasteiger charge is -2.27. The molecule has 0 fully saturated rings. The van der Waals surface area contributed by atoms with E-state index in [1.807, 2.05) is 41.3 Å². The fourth-order valence-electron chi connectivity index (χ4n) is 5.57. The first-order chi connectivity index (χ1) is 19.6. The molecule has 6 nitrogen and oxygen atoms in total. The molecule has 1 unspecified atom stereocenters. The van der Waals surface area contributed by atoms with Crippen molar-refractivity contribution >= 4 is 16.9 Å². The van der Waals surface area contributed by atoms with Crippen LogP contribution in [0.1, 0.15) is 106 Å². The molecular formula is C34H46N2O4. The minimum absolute atomic E-state index is 0.124. The highest BCUT2D eigenvalue weighted by Gasteiger charge is 2.42. The van der Waals surface area contributed by atoms with Crippen molar-refractivity contribution in [3.05, 3.63) is 75.6 Å². The van der Waals surface area contributed by atoms with Crippen LogP contribution in [0.25, 0.3) is 11.0 Å². The third-order valence-corrected chi connectivity index (χ3v) is 7.86. The van der Waals surface area contributed by atoms with Crippen molar-refractivity contribution < 1.29 is 13.9 Å². The summed E-state index contributed by atoms with van der Waals surface area (Å²) in [5.74, 6) is 0.788.